The van der Waals surface area contributed by atoms with Gasteiger partial charge < -0.3 is 19.5 Å². The van der Waals surface area contributed by atoms with E-state index >= 15 is 0 Å². The molecule has 1 heterocycles. The molecule has 0 radical (unpaired) electrons. The van der Waals surface area contributed by atoms with Gasteiger partial charge in [-0.3, -0.25) is 9.69 Å². The van der Waals surface area contributed by atoms with Crippen molar-refractivity contribution in [2.45, 2.75) is 51.8 Å². The highest BCUT2D eigenvalue weighted by atomic mass is 16.5. The van der Waals surface area contributed by atoms with Crippen molar-refractivity contribution in [3.63, 3.8) is 0 Å². The number of piperazine rings is 1. The lowest BCUT2D eigenvalue weighted by Crippen LogP contribution is -2.55. The first kappa shape index (κ1) is 24.9. The van der Waals surface area contributed by atoms with Gasteiger partial charge in [-0.2, -0.15) is 0 Å². The van der Waals surface area contributed by atoms with Crippen LogP contribution in [-0.4, -0.2) is 65.5 Å². The Morgan fingerprint density at radius 3 is 2.48 bits per heavy atom. The molecule has 0 bridgehead atoms. The topological polar surface area (TPSA) is 70.1 Å². The summed E-state index contributed by atoms with van der Waals surface area (Å²) in [5, 5.41) is 10.3. The smallest absolute Gasteiger partial charge is 0.228 e. The van der Waals surface area contributed by atoms with Crippen LogP contribution in [-0.2, 0) is 22.6 Å². The summed E-state index contributed by atoms with van der Waals surface area (Å²) in [5.74, 6) is 0.0248. The highest BCUT2D eigenvalue weighted by Crippen LogP contribution is 2.21. The maximum Gasteiger partial charge on any atom is 0.228 e. The number of carbonyl (C=O) groups is 2. The summed E-state index contributed by atoms with van der Waals surface area (Å²) in [7, 11) is 0. The molecule has 3 rings (SSSR count). The predicted octanol–water partition coefficient (Wildman–Crippen LogP) is 3.32. The number of hydrogen-bond donors (Lipinski definition) is 1. The molecule has 33 heavy (non-hydrogen) atoms. The Labute approximate surface area is 197 Å². The summed E-state index contributed by atoms with van der Waals surface area (Å²) in [4.78, 5) is 28.8. The van der Waals surface area contributed by atoms with Crippen molar-refractivity contribution >= 4 is 12.2 Å². The highest BCUT2D eigenvalue weighted by molar-refractivity contribution is 5.83. The molecule has 1 aliphatic heterocycles. The second-order valence-corrected chi connectivity index (χ2v) is 8.79. The average molecular weight is 453 g/mol. The second kappa shape index (κ2) is 12.5. The van der Waals surface area contributed by atoms with Gasteiger partial charge in [-0.1, -0.05) is 42.5 Å². The minimum Gasteiger partial charge on any atom is -0.494 e. The zero-order valence-electron chi connectivity index (χ0n) is 19.7. The van der Waals surface area contributed by atoms with E-state index in [4.69, 9.17) is 4.74 Å². The molecule has 0 aliphatic carbocycles. The molecule has 1 fully saturated rings. The van der Waals surface area contributed by atoms with E-state index in [9.17, 15) is 14.7 Å². The third-order valence-corrected chi connectivity index (χ3v) is 6.39. The van der Waals surface area contributed by atoms with Gasteiger partial charge in [0, 0.05) is 32.2 Å². The normalized spacial score (nSPS) is 18.5. The number of carbonyl (C=O) groups excluding carboxylic acids is 2. The van der Waals surface area contributed by atoms with Crippen molar-refractivity contribution in [1.29, 1.82) is 0 Å². The Morgan fingerprint density at radius 1 is 1.12 bits per heavy atom. The Balaban J connectivity index is 1.53. The summed E-state index contributed by atoms with van der Waals surface area (Å²) in [6.07, 6.45) is 1.21. The first-order valence-corrected chi connectivity index (χ1v) is 11.9. The molecule has 1 saturated heterocycles. The number of aldehydes is 1. The number of amides is 1. The lowest BCUT2D eigenvalue weighted by atomic mass is 9.93. The van der Waals surface area contributed by atoms with E-state index < -0.39 is 12.0 Å². The van der Waals surface area contributed by atoms with Crippen molar-refractivity contribution in [3.8, 4) is 5.75 Å². The number of aryl methyl sites for hydroxylation is 1. The Bertz CT molecular complexity index is 871. The number of ether oxygens (including phenoxy) is 1. The third-order valence-electron chi connectivity index (χ3n) is 6.39. The summed E-state index contributed by atoms with van der Waals surface area (Å²) >= 11 is 0. The lowest BCUT2D eigenvalue weighted by molar-refractivity contribution is -0.145. The van der Waals surface area contributed by atoms with Gasteiger partial charge in [0.2, 0.25) is 5.91 Å². The molecule has 0 aromatic heterocycles. The average Bonchev–Trinajstić information content (AvgIpc) is 2.84. The standard InChI is InChI=1S/C27H36N2O4/c1-3-33-24-14-12-22(13-15-24)10-7-11-25(26(31)20-30)27(32)29-17-16-28(21(2)18-29)19-23-8-5-4-6-9-23/h4-6,8-9,12-15,20-21,25-26,31H,3,7,10-11,16-19H2,1-2H3/t21?,25-,26-/m1/s1. The number of hydrogen-bond acceptors (Lipinski definition) is 5. The number of aliphatic hydroxyl groups excluding tert-OH is 1. The zero-order chi connectivity index (χ0) is 23.6. The molecule has 0 saturated carbocycles. The molecule has 1 unspecified atom stereocenters. The Hall–Kier alpha value is -2.70. The zero-order valence-corrected chi connectivity index (χ0v) is 19.7. The molecule has 6 nitrogen and oxygen atoms in total. The second-order valence-electron chi connectivity index (χ2n) is 8.79. The monoisotopic (exact) mass is 452 g/mol. The van der Waals surface area contributed by atoms with Crippen LogP contribution in [0.15, 0.2) is 54.6 Å². The van der Waals surface area contributed by atoms with Crippen molar-refractivity contribution in [1.82, 2.24) is 9.80 Å². The fraction of sp³-hybridized carbons (Fsp3) is 0.481. The van der Waals surface area contributed by atoms with Crippen LogP contribution < -0.4 is 4.74 Å². The minimum atomic E-state index is -1.27. The SMILES string of the molecule is CCOc1ccc(CCC[C@@H](C(=O)N2CCN(Cc3ccccc3)C(C)C2)[C@H](O)C=O)cc1. The van der Waals surface area contributed by atoms with Gasteiger partial charge in [-0.05, 0) is 56.4 Å². The predicted molar refractivity (Wildman–Crippen MR) is 129 cm³/mol. The van der Waals surface area contributed by atoms with Gasteiger partial charge in [0.15, 0.2) is 0 Å². The van der Waals surface area contributed by atoms with E-state index in [1.165, 1.54) is 5.56 Å². The van der Waals surface area contributed by atoms with Crippen LogP contribution in [0.5, 0.6) is 5.75 Å². The van der Waals surface area contributed by atoms with Crippen LogP contribution in [0, 0.1) is 5.92 Å². The van der Waals surface area contributed by atoms with Crippen LogP contribution in [0.3, 0.4) is 0 Å². The molecule has 1 amide bonds. The molecule has 0 spiro atoms. The van der Waals surface area contributed by atoms with Crippen LogP contribution in [0.4, 0.5) is 0 Å². The van der Waals surface area contributed by atoms with Gasteiger partial charge in [-0.15, -0.1) is 0 Å². The molecule has 1 aliphatic rings. The van der Waals surface area contributed by atoms with E-state index in [-0.39, 0.29) is 11.9 Å². The minimum absolute atomic E-state index is 0.118. The Kier molecular flexibility index (Phi) is 9.46. The lowest BCUT2D eigenvalue weighted by Gasteiger charge is -2.41. The fourth-order valence-corrected chi connectivity index (χ4v) is 4.46. The van der Waals surface area contributed by atoms with Gasteiger partial charge in [0.05, 0.1) is 12.5 Å². The van der Waals surface area contributed by atoms with Crippen LogP contribution in [0.1, 0.15) is 37.8 Å². The largest absolute Gasteiger partial charge is 0.494 e. The molecule has 3 atom stereocenters. The maximum atomic E-state index is 13.2. The fourth-order valence-electron chi connectivity index (χ4n) is 4.46. The molecule has 6 heteroatoms. The van der Waals surface area contributed by atoms with E-state index in [0.717, 1.165) is 37.2 Å². The van der Waals surface area contributed by atoms with Gasteiger partial charge in [0.25, 0.3) is 0 Å². The summed E-state index contributed by atoms with van der Waals surface area (Å²) in [6, 6.07) is 18.5. The van der Waals surface area contributed by atoms with Crippen LogP contribution in [0.2, 0.25) is 0 Å². The van der Waals surface area contributed by atoms with Gasteiger partial charge in [0.1, 0.15) is 18.1 Å². The van der Waals surface area contributed by atoms with Crippen LogP contribution in [0.25, 0.3) is 0 Å². The maximum absolute atomic E-state index is 13.2. The first-order chi connectivity index (χ1) is 16.0. The van der Waals surface area contributed by atoms with Crippen molar-refractivity contribution in [2.24, 2.45) is 5.92 Å². The summed E-state index contributed by atoms with van der Waals surface area (Å²) < 4.78 is 5.47. The molecule has 2 aromatic rings. The van der Waals surface area contributed by atoms with Crippen molar-refractivity contribution < 1.29 is 19.4 Å². The highest BCUT2D eigenvalue weighted by Gasteiger charge is 2.34. The van der Waals surface area contributed by atoms with Crippen molar-refractivity contribution in [2.75, 3.05) is 26.2 Å². The molecular formula is C27H36N2O4. The third kappa shape index (κ3) is 7.14. The first-order valence-electron chi connectivity index (χ1n) is 11.9. The van der Waals surface area contributed by atoms with Gasteiger partial charge >= 0.3 is 0 Å². The van der Waals surface area contributed by atoms with E-state index in [1.807, 2.05) is 54.3 Å². The number of aliphatic hydroxyl groups is 1. The molecule has 178 valence electrons. The van der Waals surface area contributed by atoms with E-state index in [1.54, 1.807) is 0 Å². The summed E-state index contributed by atoms with van der Waals surface area (Å²) in [6.45, 7) is 7.55. The van der Waals surface area contributed by atoms with Crippen molar-refractivity contribution in [3.05, 3.63) is 65.7 Å². The molecule has 2 aromatic carbocycles. The summed E-state index contributed by atoms with van der Waals surface area (Å²) in [5.41, 5.74) is 2.40. The van der Waals surface area contributed by atoms with E-state index in [0.29, 0.717) is 32.4 Å². The number of rotatable bonds is 11. The Morgan fingerprint density at radius 2 is 1.85 bits per heavy atom. The van der Waals surface area contributed by atoms with E-state index in [2.05, 4.69) is 24.0 Å². The molecular weight excluding hydrogens is 416 g/mol. The van der Waals surface area contributed by atoms with Gasteiger partial charge in [-0.25, -0.2) is 0 Å². The molecule has 1 N–H and O–H groups in total. The quantitative estimate of drug-likeness (QED) is 0.530. The van der Waals surface area contributed by atoms with Crippen LogP contribution >= 0.6 is 0 Å². The number of nitrogens with zero attached hydrogens (tertiary/aromatic N) is 2. The number of benzene rings is 2.